The minimum Gasteiger partial charge on any atom is -0.496 e. The summed E-state index contributed by atoms with van der Waals surface area (Å²) >= 11 is 0. The molecule has 0 unspecified atom stereocenters. The van der Waals surface area contributed by atoms with E-state index in [1.807, 2.05) is 49.9 Å². The van der Waals surface area contributed by atoms with E-state index >= 15 is 0 Å². The Morgan fingerprint density at radius 3 is 2.43 bits per heavy atom. The van der Waals surface area contributed by atoms with Crippen LogP contribution in [0.15, 0.2) is 41.4 Å². The Kier molecular flexibility index (Phi) is 6.02. The fourth-order valence-electron chi connectivity index (χ4n) is 4.61. The van der Waals surface area contributed by atoms with Crippen LogP contribution in [-0.4, -0.2) is 62.8 Å². The molecule has 0 amide bonds. The van der Waals surface area contributed by atoms with Gasteiger partial charge in [0.1, 0.15) is 5.75 Å². The average molecular weight is 497 g/mol. The van der Waals surface area contributed by atoms with Crippen LogP contribution in [-0.2, 0) is 10.0 Å². The summed E-state index contributed by atoms with van der Waals surface area (Å²) in [5.74, 6) is 2.69. The van der Waals surface area contributed by atoms with Crippen molar-refractivity contribution >= 4 is 16.0 Å². The molecule has 0 radical (unpaired) electrons. The van der Waals surface area contributed by atoms with Crippen molar-refractivity contribution in [1.82, 2.24) is 14.3 Å². The molecule has 0 saturated carbocycles. The molecule has 2 aliphatic heterocycles. The molecule has 0 atom stereocenters. The molecule has 1 fully saturated rings. The second-order valence-electron chi connectivity index (χ2n) is 8.68. The highest BCUT2D eigenvalue weighted by Gasteiger charge is 2.32. The van der Waals surface area contributed by atoms with Crippen LogP contribution in [0.25, 0.3) is 11.3 Å². The van der Waals surface area contributed by atoms with Gasteiger partial charge in [-0.2, -0.15) is 4.31 Å². The molecule has 184 valence electrons. The second kappa shape index (κ2) is 9.01. The van der Waals surface area contributed by atoms with Crippen LogP contribution in [0.2, 0.25) is 0 Å². The molecule has 10 heteroatoms. The summed E-state index contributed by atoms with van der Waals surface area (Å²) < 4.78 is 45.0. The summed E-state index contributed by atoms with van der Waals surface area (Å²) in [5.41, 5.74) is 3.92. The van der Waals surface area contributed by atoms with Crippen molar-refractivity contribution in [2.45, 2.75) is 25.7 Å². The molecule has 0 spiro atoms. The van der Waals surface area contributed by atoms with Crippen molar-refractivity contribution in [3.05, 3.63) is 53.2 Å². The first-order valence-electron chi connectivity index (χ1n) is 11.4. The fourth-order valence-corrected chi connectivity index (χ4v) is 6.51. The van der Waals surface area contributed by atoms with Gasteiger partial charge in [-0.25, -0.2) is 18.4 Å². The Labute approximate surface area is 205 Å². The van der Waals surface area contributed by atoms with Crippen LogP contribution in [0, 0.1) is 20.8 Å². The molecule has 5 rings (SSSR count). The van der Waals surface area contributed by atoms with Gasteiger partial charge in [-0.1, -0.05) is 0 Å². The van der Waals surface area contributed by atoms with Gasteiger partial charge in [0.25, 0.3) is 0 Å². The number of rotatable bonds is 5. The molecular weight excluding hydrogens is 468 g/mol. The van der Waals surface area contributed by atoms with Gasteiger partial charge in [0.15, 0.2) is 11.5 Å². The minimum atomic E-state index is -3.65. The van der Waals surface area contributed by atoms with Gasteiger partial charge in [-0.15, -0.1) is 0 Å². The minimum absolute atomic E-state index is 0.218. The Hall–Kier alpha value is -3.37. The van der Waals surface area contributed by atoms with Crippen LogP contribution in [0.1, 0.15) is 16.7 Å². The fraction of sp³-hybridized carbons (Fsp3) is 0.360. The number of piperazine rings is 1. The van der Waals surface area contributed by atoms with Crippen LogP contribution >= 0.6 is 0 Å². The Bertz CT molecular complexity index is 1380. The maximum Gasteiger partial charge on any atom is 0.243 e. The summed E-state index contributed by atoms with van der Waals surface area (Å²) in [7, 11) is -2.05. The quantitative estimate of drug-likeness (QED) is 0.531. The molecule has 9 nitrogen and oxygen atoms in total. The predicted octanol–water partition coefficient (Wildman–Crippen LogP) is 3.32. The van der Waals surface area contributed by atoms with Gasteiger partial charge in [0.05, 0.1) is 17.7 Å². The maximum atomic E-state index is 13.6. The smallest absolute Gasteiger partial charge is 0.243 e. The van der Waals surface area contributed by atoms with Crippen LogP contribution in [0.3, 0.4) is 0 Å². The molecule has 2 aromatic carbocycles. The molecule has 3 heterocycles. The number of methoxy groups -OCH3 is 1. The van der Waals surface area contributed by atoms with Gasteiger partial charge in [0.2, 0.25) is 22.8 Å². The molecule has 0 bridgehead atoms. The first-order chi connectivity index (χ1) is 16.8. The average Bonchev–Trinajstić information content (AvgIpc) is 3.34. The topological polar surface area (TPSA) is 94.1 Å². The number of nitrogens with zero attached hydrogens (tertiary/aromatic N) is 4. The van der Waals surface area contributed by atoms with Gasteiger partial charge < -0.3 is 19.1 Å². The van der Waals surface area contributed by atoms with Gasteiger partial charge >= 0.3 is 0 Å². The lowest BCUT2D eigenvalue weighted by atomic mass is 10.1. The highest BCUT2D eigenvalue weighted by Crippen LogP contribution is 2.36. The van der Waals surface area contributed by atoms with E-state index in [-0.39, 0.29) is 6.79 Å². The number of aromatic nitrogens is 2. The summed E-state index contributed by atoms with van der Waals surface area (Å²) in [4.78, 5) is 11.6. The number of fused-ring (bicyclic) bond motifs is 1. The zero-order valence-corrected chi connectivity index (χ0v) is 21.1. The number of sulfonamides is 1. The van der Waals surface area contributed by atoms with E-state index in [1.165, 1.54) is 0 Å². The third-order valence-electron chi connectivity index (χ3n) is 6.63. The molecule has 0 N–H and O–H groups in total. The van der Waals surface area contributed by atoms with E-state index in [4.69, 9.17) is 19.2 Å². The molecule has 2 aliphatic rings. The largest absolute Gasteiger partial charge is 0.496 e. The predicted molar refractivity (Wildman–Crippen MR) is 132 cm³/mol. The van der Waals surface area contributed by atoms with E-state index in [1.54, 1.807) is 23.7 Å². The number of aryl methyl sites for hydroxylation is 1. The van der Waals surface area contributed by atoms with Gasteiger partial charge in [0, 0.05) is 37.9 Å². The summed E-state index contributed by atoms with van der Waals surface area (Å²) in [6, 6.07) is 9.35. The zero-order chi connectivity index (χ0) is 24.7. The highest BCUT2D eigenvalue weighted by atomic mass is 32.2. The van der Waals surface area contributed by atoms with E-state index in [2.05, 4.69) is 4.98 Å². The van der Waals surface area contributed by atoms with Crippen molar-refractivity contribution < 1.29 is 22.6 Å². The number of hydrogen-bond donors (Lipinski definition) is 0. The van der Waals surface area contributed by atoms with E-state index in [0.29, 0.717) is 54.1 Å². The Morgan fingerprint density at radius 2 is 1.69 bits per heavy atom. The highest BCUT2D eigenvalue weighted by molar-refractivity contribution is 7.89. The monoisotopic (exact) mass is 496 g/mol. The number of ether oxygens (including phenoxy) is 3. The van der Waals surface area contributed by atoms with Gasteiger partial charge in [-0.05, 0) is 67.8 Å². The van der Waals surface area contributed by atoms with Crippen LogP contribution in [0.4, 0.5) is 5.95 Å². The summed E-state index contributed by atoms with van der Waals surface area (Å²) in [6.45, 7) is 7.45. The third-order valence-corrected chi connectivity index (χ3v) is 8.82. The van der Waals surface area contributed by atoms with Crippen LogP contribution in [0.5, 0.6) is 17.2 Å². The van der Waals surface area contributed by atoms with Gasteiger partial charge in [-0.3, -0.25) is 0 Å². The van der Waals surface area contributed by atoms with Crippen molar-refractivity contribution in [2.75, 3.05) is 45.0 Å². The molecule has 1 aromatic heterocycles. The van der Waals surface area contributed by atoms with Crippen molar-refractivity contribution in [1.29, 1.82) is 0 Å². The number of hydrogen-bond acceptors (Lipinski definition) is 8. The molecular formula is C25H28N4O5S. The lowest BCUT2D eigenvalue weighted by molar-refractivity contribution is 0.174. The normalized spacial score (nSPS) is 15.9. The number of benzene rings is 2. The second-order valence-corrected chi connectivity index (χ2v) is 10.6. The van der Waals surface area contributed by atoms with Crippen molar-refractivity contribution in [2.24, 2.45) is 0 Å². The summed E-state index contributed by atoms with van der Waals surface area (Å²) in [5, 5.41) is 0. The molecule has 1 saturated heterocycles. The first kappa shape index (κ1) is 23.4. The maximum absolute atomic E-state index is 13.6. The first-order valence-corrected chi connectivity index (χ1v) is 12.9. The third kappa shape index (κ3) is 4.17. The van der Waals surface area contributed by atoms with E-state index < -0.39 is 10.0 Å². The number of anilines is 1. The van der Waals surface area contributed by atoms with Crippen LogP contribution < -0.4 is 19.1 Å². The van der Waals surface area contributed by atoms with Crippen molar-refractivity contribution in [3.63, 3.8) is 0 Å². The van der Waals surface area contributed by atoms with E-state index in [9.17, 15) is 8.42 Å². The Morgan fingerprint density at radius 1 is 0.943 bits per heavy atom. The SMILES string of the molecule is COc1cc(C)c(S(=O)(=O)N2CCN(c3nccc(-c4ccc5c(c4)OCO5)n3)CC2)c(C)c1C. The Balaban J connectivity index is 1.34. The zero-order valence-electron chi connectivity index (χ0n) is 20.2. The van der Waals surface area contributed by atoms with E-state index in [0.717, 1.165) is 28.1 Å². The standard InChI is InChI=1S/C25H28N4O5S/c1-16-13-22(32-4)17(2)18(3)24(16)35(30,31)29-11-9-28(10-12-29)25-26-8-7-20(27-25)19-5-6-21-23(14-19)34-15-33-21/h5-8,13-14H,9-12,15H2,1-4H3. The van der Waals surface area contributed by atoms with Crippen molar-refractivity contribution in [3.8, 4) is 28.5 Å². The molecule has 3 aromatic rings. The molecule has 35 heavy (non-hydrogen) atoms. The lowest BCUT2D eigenvalue weighted by Gasteiger charge is -2.34. The lowest BCUT2D eigenvalue weighted by Crippen LogP contribution is -2.49. The summed E-state index contributed by atoms with van der Waals surface area (Å²) in [6.07, 6.45) is 1.72. The molecule has 0 aliphatic carbocycles.